The van der Waals surface area contributed by atoms with Gasteiger partial charge in [0.05, 0.1) is 0 Å². The van der Waals surface area contributed by atoms with Gasteiger partial charge in [-0.3, -0.25) is 0 Å². The third kappa shape index (κ3) is 8.11. The molecule has 0 bridgehead atoms. The van der Waals surface area contributed by atoms with Crippen molar-refractivity contribution in [2.45, 2.75) is 68.2 Å². The van der Waals surface area contributed by atoms with E-state index in [4.69, 9.17) is 0 Å². The molecule has 1 rings (SSSR count). The van der Waals surface area contributed by atoms with Crippen LogP contribution < -0.4 is 0 Å². The lowest BCUT2D eigenvalue weighted by molar-refractivity contribution is 1.09. The van der Waals surface area contributed by atoms with Gasteiger partial charge in [-0.1, -0.05) is 70.4 Å². The van der Waals surface area contributed by atoms with Crippen LogP contribution in [-0.4, -0.2) is 0 Å². The van der Waals surface area contributed by atoms with E-state index < -0.39 is 0 Å². The molecule has 0 amide bonds. The fraction of sp³-hybridized carbons (Fsp3) is 0.556. The van der Waals surface area contributed by atoms with Crippen molar-refractivity contribution >= 4 is 5.57 Å². The van der Waals surface area contributed by atoms with Gasteiger partial charge >= 0.3 is 0 Å². The van der Waals surface area contributed by atoms with Gasteiger partial charge in [0.25, 0.3) is 0 Å². The van der Waals surface area contributed by atoms with Crippen molar-refractivity contribution < 1.29 is 0 Å². The summed E-state index contributed by atoms with van der Waals surface area (Å²) < 4.78 is 0. The molecule has 0 aliphatic carbocycles. The van der Waals surface area contributed by atoms with Crippen LogP contribution in [0.2, 0.25) is 0 Å². The molecular weight excluding hydrogens is 216 g/mol. The molecule has 0 fully saturated rings. The minimum Gasteiger partial charge on any atom is -0.0955 e. The first kappa shape index (κ1) is 19.3. The maximum atomic E-state index is 3.98. The molecule has 0 saturated heterocycles. The van der Waals surface area contributed by atoms with Gasteiger partial charge in [-0.05, 0) is 44.4 Å². The first-order valence-electron chi connectivity index (χ1n) is 7.09. The highest BCUT2D eigenvalue weighted by molar-refractivity contribution is 5.67. The lowest BCUT2D eigenvalue weighted by Gasteiger charge is -2.10. The van der Waals surface area contributed by atoms with Crippen molar-refractivity contribution in [3.8, 4) is 0 Å². The largest absolute Gasteiger partial charge is 0.0955 e. The summed E-state index contributed by atoms with van der Waals surface area (Å²) in [5, 5.41) is 0. The monoisotopic (exact) mass is 248 g/mol. The van der Waals surface area contributed by atoms with Crippen LogP contribution in [0.5, 0.6) is 0 Å². The average Bonchev–Trinajstić information content (AvgIpc) is 2.16. The number of hydrogen-bond acceptors (Lipinski definition) is 0. The molecule has 0 unspecified atom stereocenters. The van der Waals surface area contributed by atoms with Crippen LogP contribution >= 0.6 is 0 Å². The zero-order chi connectivity index (χ0) is 14.7. The molecule has 18 heavy (non-hydrogen) atoms. The van der Waals surface area contributed by atoms with Crippen LogP contribution in [0.15, 0.2) is 18.7 Å². The summed E-state index contributed by atoms with van der Waals surface area (Å²) in [5.41, 5.74) is 6.47. The summed E-state index contributed by atoms with van der Waals surface area (Å²) in [7, 11) is 0. The third-order valence-corrected chi connectivity index (χ3v) is 2.10. The molecule has 0 aliphatic rings. The van der Waals surface area contributed by atoms with Crippen LogP contribution in [-0.2, 0) is 0 Å². The Hall–Kier alpha value is -1.04. The van der Waals surface area contributed by atoms with E-state index in [1.807, 2.05) is 0 Å². The summed E-state index contributed by atoms with van der Waals surface area (Å²) in [4.78, 5) is 0. The molecule has 0 heteroatoms. The zero-order valence-corrected chi connectivity index (χ0v) is 13.8. The first-order chi connectivity index (χ1) is 8.35. The van der Waals surface area contributed by atoms with Gasteiger partial charge in [0.2, 0.25) is 0 Å². The molecule has 0 radical (unpaired) electrons. The molecule has 0 saturated carbocycles. The van der Waals surface area contributed by atoms with Gasteiger partial charge in [0.15, 0.2) is 0 Å². The Bertz CT molecular complexity index is 320. The Labute approximate surface area is 115 Å². The number of benzene rings is 1. The standard InChI is InChI=1S/C12H16.2C3H8/c1-8(2)12-10(4)6-9(3)7-11(12)5;2*1-3-2/h6-7H,1H2,2-5H3;2*3H2,1-2H3. The fourth-order valence-corrected chi connectivity index (χ4v) is 1.85. The summed E-state index contributed by atoms with van der Waals surface area (Å²) >= 11 is 0. The highest BCUT2D eigenvalue weighted by Crippen LogP contribution is 2.22. The summed E-state index contributed by atoms with van der Waals surface area (Å²) in [6.45, 7) is 20.9. The predicted molar refractivity (Wildman–Crippen MR) is 87.3 cm³/mol. The second kappa shape index (κ2) is 11.1. The van der Waals surface area contributed by atoms with E-state index in [1.165, 1.54) is 35.1 Å². The molecular formula is C18H32. The topological polar surface area (TPSA) is 0 Å². The lowest BCUT2D eigenvalue weighted by Crippen LogP contribution is -1.91. The van der Waals surface area contributed by atoms with E-state index in [9.17, 15) is 0 Å². The van der Waals surface area contributed by atoms with Gasteiger partial charge < -0.3 is 0 Å². The maximum absolute atomic E-state index is 3.98. The molecule has 1 aromatic carbocycles. The minimum absolute atomic E-state index is 1.16. The van der Waals surface area contributed by atoms with Crippen molar-refractivity contribution in [1.29, 1.82) is 0 Å². The Morgan fingerprint density at radius 1 is 0.889 bits per heavy atom. The Balaban J connectivity index is 0. The van der Waals surface area contributed by atoms with Gasteiger partial charge in [-0.2, -0.15) is 0 Å². The van der Waals surface area contributed by atoms with Gasteiger partial charge in [0.1, 0.15) is 0 Å². The quantitative estimate of drug-likeness (QED) is 0.533. The van der Waals surface area contributed by atoms with Crippen molar-refractivity contribution in [1.82, 2.24) is 0 Å². The molecule has 0 N–H and O–H groups in total. The second-order valence-corrected chi connectivity index (χ2v) is 4.97. The molecule has 0 spiro atoms. The van der Waals surface area contributed by atoms with Crippen molar-refractivity contribution in [2.24, 2.45) is 0 Å². The minimum atomic E-state index is 1.16. The smallest absolute Gasteiger partial charge is 0.0174 e. The SMILES string of the molecule is C=C(C)c1c(C)cc(C)cc1C.CCC.CCC. The van der Waals surface area contributed by atoms with Crippen molar-refractivity contribution in [3.05, 3.63) is 41.0 Å². The maximum Gasteiger partial charge on any atom is -0.0174 e. The van der Waals surface area contributed by atoms with E-state index >= 15 is 0 Å². The Morgan fingerprint density at radius 3 is 1.39 bits per heavy atom. The van der Waals surface area contributed by atoms with E-state index in [0.717, 1.165) is 5.57 Å². The zero-order valence-electron chi connectivity index (χ0n) is 13.8. The first-order valence-corrected chi connectivity index (χ1v) is 7.09. The predicted octanol–water partition coefficient (Wildman–Crippen LogP) is 6.48. The van der Waals surface area contributed by atoms with Crippen molar-refractivity contribution in [2.75, 3.05) is 0 Å². The van der Waals surface area contributed by atoms with Crippen LogP contribution in [0.25, 0.3) is 5.57 Å². The van der Waals surface area contributed by atoms with E-state index in [-0.39, 0.29) is 0 Å². The van der Waals surface area contributed by atoms with Gasteiger partial charge in [0, 0.05) is 0 Å². The van der Waals surface area contributed by atoms with Gasteiger partial charge in [-0.25, -0.2) is 0 Å². The lowest BCUT2D eigenvalue weighted by atomic mass is 9.95. The summed E-state index contributed by atoms with van der Waals surface area (Å²) in [5.74, 6) is 0. The molecule has 0 atom stereocenters. The molecule has 1 aromatic rings. The van der Waals surface area contributed by atoms with E-state index in [1.54, 1.807) is 0 Å². The molecule has 0 nitrogen and oxygen atoms in total. The highest BCUT2D eigenvalue weighted by Gasteiger charge is 2.02. The summed E-state index contributed by atoms with van der Waals surface area (Å²) in [6.07, 6.45) is 2.50. The number of rotatable bonds is 1. The van der Waals surface area contributed by atoms with Crippen LogP contribution in [0, 0.1) is 20.8 Å². The fourth-order valence-electron chi connectivity index (χ4n) is 1.85. The number of aryl methyl sites for hydroxylation is 3. The normalized spacial score (nSPS) is 8.67. The highest BCUT2D eigenvalue weighted by atomic mass is 14.1. The third-order valence-electron chi connectivity index (χ3n) is 2.10. The van der Waals surface area contributed by atoms with Crippen LogP contribution in [0.3, 0.4) is 0 Å². The Morgan fingerprint density at radius 2 is 1.17 bits per heavy atom. The molecule has 0 aromatic heterocycles. The number of allylic oxidation sites excluding steroid dienone is 1. The van der Waals surface area contributed by atoms with Crippen LogP contribution in [0.1, 0.15) is 69.7 Å². The summed E-state index contributed by atoms with van der Waals surface area (Å²) in [6, 6.07) is 4.41. The molecule has 104 valence electrons. The Kier molecular flexibility index (Phi) is 11.9. The van der Waals surface area contributed by atoms with E-state index in [2.05, 4.69) is 74.1 Å². The second-order valence-electron chi connectivity index (χ2n) is 4.97. The van der Waals surface area contributed by atoms with E-state index in [0.29, 0.717) is 0 Å². The average molecular weight is 248 g/mol. The molecule has 0 heterocycles. The van der Waals surface area contributed by atoms with Crippen LogP contribution in [0.4, 0.5) is 0 Å². The number of hydrogen-bond donors (Lipinski definition) is 0. The van der Waals surface area contributed by atoms with Gasteiger partial charge in [-0.15, -0.1) is 0 Å². The van der Waals surface area contributed by atoms with Crippen molar-refractivity contribution in [3.63, 3.8) is 0 Å². The molecule has 0 aliphatic heterocycles.